The lowest BCUT2D eigenvalue weighted by Gasteiger charge is -2.13. The molecule has 0 heterocycles. The fourth-order valence-corrected chi connectivity index (χ4v) is 2.08. The number of aliphatic hydroxyl groups excluding tert-OH is 1. The number of rotatable bonds is 3. The predicted molar refractivity (Wildman–Crippen MR) is 71.5 cm³/mol. The summed E-state index contributed by atoms with van der Waals surface area (Å²) in [4.78, 5) is 0. The minimum absolute atomic E-state index is 0.111. The fraction of sp³-hybridized carbons (Fsp3) is 0.200. The van der Waals surface area contributed by atoms with Crippen LogP contribution in [-0.4, -0.2) is 5.11 Å². The quantitative estimate of drug-likeness (QED) is 0.808. The van der Waals surface area contributed by atoms with Gasteiger partial charge in [-0.25, -0.2) is 4.39 Å². The number of halogens is 5. The van der Waals surface area contributed by atoms with E-state index in [-0.39, 0.29) is 11.4 Å². The minimum Gasteiger partial charge on any atom is -0.388 e. The van der Waals surface area contributed by atoms with Gasteiger partial charge in [-0.15, -0.1) is 0 Å². The summed E-state index contributed by atoms with van der Waals surface area (Å²) in [5.74, 6) is -0.595. The molecule has 0 aliphatic rings. The minimum atomic E-state index is -4.39. The van der Waals surface area contributed by atoms with Crippen molar-refractivity contribution in [3.63, 3.8) is 0 Å². The molecule has 1 nitrogen and oxygen atoms in total. The van der Waals surface area contributed by atoms with Crippen LogP contribution >= 0.6 is 11.6 Å². The van der Waals surface area contributed by atoms with Crippen LogP contribution in [-0.2, 0) is 12.6 Å². The molecule has 2 rings (SSSR count). The van der Waals surface area contributed by atoms with E-state index in [1.165, 1.54) is 24.3 Å². The molecule has 1 atom stereocenters. The lowest BCUT2D eigenvalue weighted by Crippen LogP contribution is -2.06. The molecule has 0 aliphatic heterocycles. The standard InChI is InChI=1S/C15H11ClF4O/c16-12-8-10(3-6-13(12)17)14(21)7-9-1-4-11(5-2-9)15(18,19)20/h1-6,8,14,21H,7H2. The first kappa shape index (κ1) is 15.8. The van der Waals surface area contributed by atoms with Gasteiger partial charge >= 0.3 is 6.18 Å². The second-order valence-corrected chi connectivity index (χ2v) is 5.00. The van der Waals surface area contributed by atoms with Gasteiger partial charge in [0.15, 0.2) is 0 Å². The third-order valence-corrected chi connectivity index (χ3v) is 3.33. The van der Waals surface area contributed by atoms with Gasteiger partial charge in [-0.2, -0.15) is 13.2 Å². The highest BCUT2D eigenvalue weighted by molar-refractivity contribution is 6.30. The summed E-state index contributed by atoms with van der Waals surface area (Å²) >= 11 is 5.62. The molecule has 2 aromatic rings. The topological polar surface area (TPSA) is 20.2 Å². The molecule has 0 fully saturated rings. The van der Waals surface area contributed by atoms with Gasteiger partial charge in [0, 0.05) is 6.42 Å². The van der Waals surface area contributed by atoms with Crippen LogP contribution in [0.2, 0.25) is 5.02 Å². The van der Waals surface area contributed by atoms with Crippen molar-refractivity contribution in [3.05, 3.63) is 70.0 Å². The van der Waals surface area contributed by atoms with Gasteiger partial charge < -0.3 is 5.11 Å². The Balaban J connectivity index is 2.12. The molecule has 21 heavy (non-hydrogen) atoms. The van der Waals surface area contributed by atoms with Gasteiger partial charge in [0.25, 0.3) is 0 Å². The van der Waals surface area contributed by atoms with Crippen molar-refractivity contribution in [1.29, 1.82) is 0 Å². The average Bonchev–Trinajstić information content (AvgIpc) is 2.41. The van der Waals surface area contributed by atoms with Crippen molar-refractivity contribution in [2.75, 3.05) is 0 Å². The van der Waals surface area contributed by atoms with Gasteiger partial charge in [0.2, 0.25) is 0 Å². The number of hydrogen-bond acceptors (Lipinski definition) is 1. The first-order chi connectivity index (χ1) is 9.77. The zero-order chi connectivity index (χ0) is 15.6. The monoisotopic (exact) mass is 318 g/mol. The third-order valence-electron chi connectivity index (χ3n) is 3.04. The van der Waals surface area contributed by atoms with E-state index in [4.69, 9.17) is 11.6 Å². The fourth-order valence-electron chi connectivity index (χ4n) is 1.89. The molecular formula is C15H11ClF4O. The maximum atomic E-state index is 13.0. The van der Waals surface area contributed by atoms with Crippen LogP contribution in [0.4, 0.5) is 17.6 Å². The normalized spacial score (nSPS) is 13.2. The molecule has 0 saturated carbocycles. The third kappa shape index (κ3) is 3.95. The van der Waals surface area contributed by atoms with Crippen molar-refractivity contribution in [3.8, 4) is 0 Å². The van der Waals surface area contributed by atoms with E-state index in [0.29, 0.717) is 11.1 Å². The second-order valence-electron chi connectivity index (χ2n) is 4.59. The van der Waals surface area contributed by atoms with E-state index in [1.54, 1.807) is 0 Å². The Morgan fingerprint density at radius 2 is 1.67 bits per heavy atom. The molecule has 0 amide bonds. The van der Waals surface area contributed by atoms with Crippen LogP contribution in [0, 0.1) is 5.82 Å². The van der Waals surface area contributed by atoms with Crippen LogP contribution in [0.1, 0.15) is 22.8 Å². The van der Waals surface area contributed by atoms with Crippen LogP contribution in [0.25, 0.3) is 0 Å². The summed E-state index contributed by atoms with van der Waals surface area (Å²) in [5.41, 5.74) is 0.197. The summed E-state index contributed by atoms with van der Waals surface area (Å²) in [6.07, 6.45) is -5.25. The highest BCUT2D eigenvalue weighted by atomic mass is 35.5. The summed E-state index contributed by atoms with van der Waals surface area (Å²) in [6.45, 7) is 0. The number of alkyl halides is 3. The van der Waals surface area contributed by atoms with E-state index in [2.05, 4.69) is 0 Å². The molecule has 2 aromatic carbocycles. The van der Waals surface area contributed by atoms with E-state index >= 15 is 0 Å². The van der Waals surface area contributed by atoms with E-state index in [9.17, 15) is 22.7 Å². The molecule has 0 saturated heterocycles. The van der Waals surface area contributed by atoms with Crippen LogP contribution in [0.5, 0.6) is 0 Å². The Labute approximate surface area is 123 Å². The maximum absolute atomic E-state index is 13.0. The molecule has 112 valence electrons. The Morgan fingerprint density at radius 3 is 2.19 bits per heavy atom. The summed E-state index contributed by atoms with van der Waals surface area (Å²) in [6, 6.07) is 8.34. The molecule has 0 aliphatic carbocycles. The van der Waals surface area contributed by atoms with Gasteiger partial charge in [-0.05, 0) is 35.4 Å². The van der Waals surface area contributed by atoms with Crippen molar-refractivity contribution in [2.45, 2.75) is 18.7 Å². The smallest absolute Gasteiger partial charge is 0.388 e. The van der Waals surface area contributed by atoms with Crippen molar-refractivity contribution < 1.29 is 22.7 Å². The summed E-state index contributed by atoms with van der Waals surface area (Å²) in [5, 5.41) is 9.90. The van der Waals surface area contributed by atoms with Gasteiger partial charge in [0.05, 0.1) is 16.7 Å². The predicted octanol–water partition coefficient (Wildman–Crippen LogP) is 4.77. The first-order valence-corrected chi connectivity index (χ1v) is 6.44. The molecule has 0 aromatic heterocycles. The van der Waals surface area contributed by atoms with Crippen molar-refractivity contribution in [2.24, 2.45) is 0 Å². The SMILES string of the molecule is OC(Cc1ccc(C(F)(F)F)cc1)c1ccc(F)c(Cl)c1. The van der Waals surface area contributed by atoms with Gasteiger partial charge in [0.1, 0.15) is 5.82 Å². The zero-order valence-corrected chi connectivity index (χ0v) is 11.4. The van der Waals surface area contributed by atoms with Crippen molar-refractivity contribution >= 4 is 11.6 Å². The molecule has 6 heteroatoms. The molecule has 1 unspecified atom stereocenters. The van der Waals surface area contributed by atoms with Crippen molar-refractivity contribution in [1.82, 2.24) is 0 Å². The number of hydrogen-bond donors (Lipinski definition) is 1. The summed E-state index contributed by atoms with van der Waals surface area (Å²) in [7, 11) is 0. The Bertz CT molecular complexity index is 623. The Hall–Kier alpha value is -1.59. The first-order valence-electron chi connectivity index (χ1n) is 6.06. The number of aliphatic hydroxyl groups is 1. The lowest BCUT2D eigenvalue weighted by atomic mass is 10.0. The molecule has 0 spiro atoms. The van der Waals surface area contributed by atoms with Crippen LogP contribution in [0.15, 0.2) is 42.5 Å². The molecule has 1 N–H and O–H groups in total. The largest absolute Gasteiger partial charge is 0.416 e. The van der Waals surface area contributed by atoms with E-state index < -0.39 is 23.7 Å². The van der Waals surface area contributed by atoms with Gasteiger partial charge in [-0.3, -0.25) is 0 Å². The average molecular weight is 319 g/mol. The highest BCUT2D eigenvalue weighted by Crippen LogP contribution is 2.30. The van der Waals surface area contributed by atoms with Gasteiger partial charge in [-0.1, -0.05) is 29.8 Å². The lowest BCUT2D eigenvalue weighted by molar-refractivity contribution is -0.137. The maximum Gasteiger partial charge on any atom is 0.416 e. The van der Waals surface area contributed by atoms with E-state index in [1.807, 2.05) is 0 Å². The molecule has 0 bridgehead atoms. The Morgan fingerprint density at radius 1 is 1.05 bits per heavy atom. The molecular weight excluding hydrogens is 308 g/mol. The molecule has 0 radical (unpaired) electrons. The van der Waals surface area contributed by atoms with Crippen LogP contribution in [0.3, 0.4) is 0 Å². The van der Waals surface area contributed by atoms with Crippen LogP contribution < -0.4 is 0 Å². The zero-order valence-electron chi connectivity index (χ0n) is 10.7. The number of benzene rings is 2. The Kier molecular flexibility index (Phi) is 4.54. The second kappa shape index (κ2) is 6.03. The highest BCUT2D eigenvalue weighted by Gasteiger charge is 2.29. The van der Waals surface area contributed by atoms with E-state index in [0.717, 1.165) is 18.2 Å². The summed E-state index contributed by atoms with van der Waals surface area (Å²) < 4.78 is 50.3.